The molecule has 1 heterocycles. The number of para-hydroxylation sites is 1. The molecule has 0 aliphatic carbocycles. The minimum atomic E-state index is -0.912. The molecule has 1 aliphatic rings. The van der Waals surface area contributed by atoms with Crippen LogP contribution in [-0.2, 0) is 0 Å². The molecule has 2 aromatic rings. The van der Waals surface area contributed by atoms with Gasteiger partial charge in [-0.2, -0.15) is 0 Å². The van der Waals surface area contributed by atoms with Gasteiger partial charge in [0.05, 0.1) is 0 Å². The van der Waals surface area contributed by atoms with E-state index in [1.165, 1.54) is 0 Å². The molecule has 0 saturated heterocycles. The molecule has 20 heavy (non-hydrogen) atoms. The lowest BCUT2D eigenvalue weighted by Crippen LogP contribution is -2.17. The molecule has 0 bridgehead atoms. The van der Waals surface area contributed by atoms with Crippen molar-refractivity contribution in [1.82, 2.24) is 0 Å². The van der Waals surface area contributed by atoms with Crippen LogP contribution in [-0.4, -0.2) is 18.3 Å². The summed E-state index contributed by atoms with van der Waals surface area (Å²) in [5.74, 6) is 1.19. The normalized spacial score (nSPS) is 14.9. The second-order valence-corrected chi connectivity index (χ2v) is 4.98. The van der Waals surface area contributed by atoms with Crippen molar-refractivity contribution in [1.29, 1.82) is 0 Å². The molecule has 0 saturated carbocycles. The van der Waals surface area contributed by atoms with Crippen LogP contribution in [0.3, 0.4) is 0 Å². The van der Waals surface area contributed by atoms with Gasteiger partial charge < -0.3 is 20.3 Å². The number of aliphatic hydroxyl groups is 1. The highest BCUT2D eigenvalue weighted by Gasteiger charge is 2.23. The molecule has 1 unspecified atom stereocenters. The molecule has 0 aromatic heterocycles. The van der Waals surface area contributed by atoms with E-state index in [-0.39, 0.29) is 0 Å². The van der Waals surface area contributed by atoms with Crippen molar-refractivity contribution in [2.45, 2.75) is 6.10 Å². The molecule has 0 fully saturated rings. The largest absolute Gasteiger partial charge is 0.486 e. The maximum Gasteiger partial charge on any atom is 0.167 e. The summed E-state index contributed by atoms with van der Waals surface area (Å²) in [6, 6.07) is 10.4. The van der Waals surface area contributed by atoms with Gasteiger partial charge in [0, 0.05) is 21.8 Å². The zero-order valence-electron chi connectivity index (χ0n) is 10.7. The van der Waals surface area contributed by atoms with Gasteiger partial charge in [-0.05, 0) is 24.3 Å². The van der Waals surface area contributed by atoms with Gasteiger partial charge in [0.25, 0.3) is 0 Å². The average molecular weight is 292 g/mol. The lowest BCUT2D eigenvalue weighted by molar-refractivity contribution is 0.158. The zero-order chi connectivity index (χ0) is 14.1. The Morgan fingerprint density at radius 2 is 1.90 bits per heavy atom. The lowest BCUT2D eigenvalue weighted by Gasteiger charge is -2.23. The van der Waals surface area contributed by atoms with Crippen LogP contribution >= 0.6 is 11.6 Å². The molecule has 5 heteroatoms. The first-order valence-electron chi connectivity index (χ1n) is 6.28. The highest BCUT2D eigenvalue weighted by atomic mass is 35.5. The predicted octanol–water partition coefficient (Wildman–Crippen LogP) is 2.78. The summed E-state index contributed by atoms with van der Waals surface area (Å²) in [5.41, 5.74) is 7.57. The van der Waals surface area contributed by atoms with Crippen molar-refractivity contribution < 1.29 is 14.6 Å². The van der Waals surface area contributed by atoms with Crippen LogP contribution in [0.15, 0.2) is 36.4 Å². The fourth-order valence-electron chi connectivity index (χ4n) is 2.26. The number of fused-ring (bicyclic) bond motifs is 1. The number of anilines is 1. The summed E-state index contributed by atoms with van der Waals surface area (Å²) in [6.07, 6.45) is -0.912. The molecule has 3 rings (SSSR count). The summed E-state index contributed by atoms with van der Waals surface area (Å²) < 4.78 is 11.1. The molecule has 3 N–H and O–H groups in total. The summed E-state index contributed by atoms with van der Waals surface area (Å²) in [6.45, 7) is 0.966. The molecule has 0 spiro atoms. The number of ether oxygens (including phenoxy) is 2. The predicted molar refractivity (Wildman–Crippen MR) is 77.4 cm³/mol. The van der Waals surface area contributed by atoms with E-state index in [0.29, 0.717) is 46.5 Å². The summed E-state index contributed by atoms with van der Waals surface area (Å²) in [5, 5.41) is 11.1. The fraction of sp³-hybridized carbons (Fsp3) is 0.200. The van der Waals surface area contributed by atoms with E-state index in [9.17, 15) is 5.11 Å². The van der Waals surface area contributed by atoms with E-state index in [4.69, 9.17) is 26.8 Å². The molecule has 1 atom stereocenters. The SMILES string of the molecule is Nc1ccc(Cl)cc1C(O)c1cccc2c1OCCO2. The molecule has 104 valence electrons. The highest BCUT2D eigenvalue weighted by molar-refractivity contribution is 6.30. The first-order valence-corrected chi connectivity index (χ1v) is 6.66. The molecule has 0 amide bonds. The van der Waals surface area contributed by atoms with Crippen LogP contribution in [0.5, 0.6) is 11.5 Å². The van der Waals surface area contributed by atoms with Gasteiger partial charge in [-0.3, -0.25) is 0 Å². The van der Waals surface area contributed by atoms with E-state index in [0.717, 1.165) is 0 Å². The number of rotatable bonds is 2. The van der Waals surface area contributed by atoms with Crippen LogP contribution in [0.1, 0.15) is 17.2 Å². The van der Waals surface area contributed by atoms with Crippen molar-refractivity contribution in [3.05, 3.63) is 52.5 Å². The van der Waals surface area contributed by atoms with Gasteiger partial charge >= 0.3 is 0 Å². The first kappa shape index (κ1) is 13.1. The van der Waals surface area contributed by atoms with Crippen molar-refractivity contribution in [2.75, 3.05) is 18.9 Å². The minimum Gasteiger partial charge on any atom is -0.486 e. The minimum absolute atomic E-state index is 0.460. The van der Waals surface area contributed by atoms with Crippen molar-refractivity contribution in [3.63, 3.8) is 0 Å². The third kappa shape index (κ3) is 2.28. The van der Waals surface area contributed by atoms with Crippen LogP contribution in [0.2, 0.25) is 5.02 Å². The Bertz CT molecular complexity index is 645. The third-order valence-corrected chi connectivity index (χ3v) is 3.47. The van der Waals surface area contributed by atoms with E-state index < -0.39 is 6.10 Å². The van der Waals surface area contributed by atoms with E-state index >= 15 is 0 Å². The van der Waals surface area contributed by atoms with Crippen LogP contribution < -0.4 is 15.2 Å². The van der Waals surface area contributed by atoms with Crippen molar-refractivity contribution in [2.24, 2.45) is 0 Å². The van der Waals surface area contributed by atoms with Gasteiger partial charge in [-0.15, -0.1) is 0 Å². The molecule has 4 nitrogen and oxygen atoms in total. The number of hydrogen-bond acceptors (Lipinski definition) is 4. The monoisotopic (exact) mass is 291 g/mol. The molecule has 1 aliphatic heterocycles. The van der Waals surface area contributed by atoms with Gasteiger partial charge in [-0.1, -0.05) is 23.7 Å². The highest BCUT2D eigenvalue weighted by Crippen LogP contribution is 2.40. The topological polar surface area (TPSA) is 64.7 Å². The van der Waals surface area contributed by atoms with Gasteiger partial charge in [0.1, 0.15) is 19.3 Å². The lowest BCUT2D eigenvalue weighted by atomic mass is 9.98. The third-order valence-electron chi connectivity index (χ3n) is 3.23. The second kappa shape index (κ2) is 5.23. The second-order valence-electron chi connectivity index (χ2n) is 4.55. The Hall–Kier alpha value is -1.91. The van der Waals surface area contributed by atoms with Gasteiger partial charge in [0.2, 0.25) is 0 Å². The van der Waals surface area contributed by atoms with Crippen molar-refractivity contribution >= 4 is 17.3 Å². The molecular weight excluding hydrogens is 278 g/mol. The molecule has 2 aromatic carbocycles. The van der Waals surface area contributed by atoms with Crippen molar-refractivity contribution in [3.8, 4) is 11.5 Å². The van der Waals surface area contributed by atoms with E-state index in [2.05, 4.69) is 0 Å². The maximum absolute atomic E-state index is 10.6. The maximum atomic E-state index is 10.6. The van der Waals surface area contributed by atoms with E-state index in [1.54, 1.807) is 24.3 Å². The van der Waals surface area contributed by atoms with Crippen LogP contribution in [0.25, 0.3) is 0 Å². The Morgan fingerprint density at radius 3 is 2.75 bits per heavy atom. The standard InChI is InChI=1S/C15H14ClNO3/c16-9-4-5-12(17)11(8-9)14(18)10-2-1-3-13-15(10)20-7-6-19-13/h1-5,8,14,18H,6-7,17H2. The summed E-state index contributed by atoms with van der Waals surface area (Å²) in [7, 11) is 0. The Balaban J connectivity index is 2.06. The van der Waals surface area contributed by atoms with E-state index in [1.807, 2.05) is 12.1 Å². The molecule has 0 radical (unpaired) electrons. The quantitative estimate of drug-likeness (QED) is 0.835. The molecular formula is C15H14ClNO3. The first-order chi connectivity index (χ1) is 9.66. The number of nitrogens with two attached hydrogens (primary N) is 1. The summed E-state index contributed by atoms with van der Waals surface area (Å²) in [4.78, 5) is 0. The average Bonchev–Trinajstić information content (AvgIpc) is 2.48. The Labute approximate surface area is 121 Å². The number of halogens is 1. The van der Waals surface area contributed by atoms with Gasteiger partial charge in [-0.25, -0.2) is 0 Å². The Kier molecular flexibility index (Phi) is 3.42. The fourth-order valence-corrected chi connectivity index (χ4v) is 2.44. The zero-order valence-corrected chi connectivity index (χ0v) is 11.4. The van der Waals surface area contributed by atoms with Crippen LogP contribution in [0, 0.1) is 0 Å². The number of nitrogen functional groups attached to an aromatic ring is 1. The van der Waals surface area contributed by atoms with Crippen LogP contribution in [0.4, 0.5) is 5.69 Å². The summed E-state index contributed by atoms with van der Waals surface area (Å²) >= 11 is 5.97. The smallest absolute Gasteiger partial charge is 0.167 e. The number of benzene rings is 2. The van der Waals surface area contributed by atoms with Gasteiger partial charge in [0.15, 0.2) is 11.5 Å². The Morgan fingerprint density at radius 1 is 1.10 bits per heavy atom. The number of aliphatic hydroxyl groups excluding tert-OH is 1. The number of hydrogen-bond donors (Lipinski definition) is 2.